The Morgan fingerprint density at radius 2 is 2.11 bits per heavy atom. The molecule has 0 saturated heterocycles. The summed E-state index contributed by atoms with van der Waals surface area (Å²) in [5, 5.41) is 14.3. The Morgan fingerprint density at radius 3 is 2.61 bits per heavy atom. The van der Waals surface area contributed by atoms with Crippen LogP contribution < -0.4 is 5.32 Å². The first kappa shape index (κ1) is 14.8. The topological polar surface area (TPSA) is 55.2 Å². The highest BCUT2D eigenvalue weighted by Gasteiger charge is 2.12. The van der Waals surface area contributed by atoms with Crippen molar-refractivity contribution in [1.82, 2.24) is 0 Å². The molecule has 1 aromatic rings. The van der Waals surface area contributed by atoms with Gasteiger partial charge in [-0.1, -0.05) is 31.9 Å². The summed E-state index contributed by atoms with van der Waals surface area (Å²) in [5.74, 6) is 0.643. The van der Waals surface area contributed by atoms with Gasteiger partial charge in [0.1, 0.15) is 0 Å². The fourth-order valence-corrected chi connectivity index (χ4v) is 2.06. The molecule has 1 aromatic carbocycles. The minimum Gasteiger partial charge on any atom is -0.381 e. The van der Waals surface area contributed by atoms with Crippen LogP contribution in [-0.2, 0) is 0 Å². The molecule has 4 nitrogen and oxygen atoms in total. The van der Waals surface area contributed by atoms with Crippen LogP contribution in [0, 0.1) is 16.0 Å². The lowest BCUT2D eigenvalue weighted by atomic mass is 10.0. The maximum Gasteiger partial charge on any atom is 0.271 e. The molecular weight excluding hydrogens is 252 g/mol. The van der Waals surface area contributed by atoms with Gasteiger partial charge >= 0.3 is 0 Å². The number of nitro benzene ring substituents is 1. The molecule has 0 bridgehead atoms. The zero-order chi connectivity index (χ0) is 13.7. The van der Waals surface area contributed by atoms with Gasteiger partial charge in [-0.15, -0.1) is 0 Å². The highest BCUT2D eigenvalue weighted by Crippen LogP contribution is 2.27. The fraction of sp³-hybridized carbons (Fsp3) is 0.538. The van der Waals surface area contributed by atoms with Gasteiger partial charge < -0.3 is 5.32 Å². The summed E-state index contributed by atoms with van der Waals surface area (Å²) in [5.41, 5.74) is 0.762. The molecule has 0 aliphatic carbocycles. The highest BCUT2D eigenvalue weighted by molar-refractivity contribution is 6.33. The lowest BCUT2D eigenvalue weighted by Crippen LogP contribution is -2.18. The van der Waals surface area contributed by atoms with Crippen molar-refractivity contribution in [3.8, 4) is 0 Å². The van der Waals surface area contributed by atoms with E-state index in [-0.39, 0.29) is 5.69 Å². The smallest absolute Gasteiger partial charge is 0.271 e. The second-order valence-electron chi connectivity index (χ2n) is 4.72. The SMILES string of the molecule is CCC(C)CC(C)Nc1ccc([N+](=O)[O-])cc1Cl. The molecule has 18 heavy (non-hydrogen) atoms. The van der Waals surface area contributed by atoms with Crippen LogP contribution in [-0.4, -0.2) is 11.0 Å². The molecule has 2 atom stereocenters. The number of halogens is 1. The van der Waals surface area contributed by atoms with Crippen LogP contribution in [0.5, 0.6) is 0 Å². The summed E-state index contributed by atoms with van der Waals surface area (Å²) < 4.78 is 0. The number of rotatable bonds is 6. The Kier molecular flexibility index (Phi) is 5.41. The quantitative estimate of drug-likeness (QED) is 0.612. The Labute approximate surface area is 112 Å². The molecule has 0 aromatic heterocycles. The Morgan fingerprint density at radius 1 is 1.44 bits per heavy atom. The number of nitro groups is 1. The molecule has 5 heteroatoms. The van der Waals surface area contributed by atoms with Gasteiger partial charge in [-0.2, -0.15) is 0 Å². The molecule has 0 amide bonds. The van der Waals surface area contributed by atoms with Crippen LogP contribution in [0.1, 0.15) is 33.6 Å². The lowest BCUT2D eigenvalue weighted by Gasteiger charge is -2.19. The van der Waals surface area contributed by atoms with E-state index >= 15 is 0 Å². The van der Waals surface area contributed by atoms with Crippen LogP contribution in [0.3, 0.4) is 0 Å². The molecule has 1 N–H and O–H groups in total. The van der Waals surface area contributed by atoms with Gasteiger partial charge in [0.05, 0.1) is 15.6 Å². The first-order chi connectivity index (χ1) is 8.43. The minimum absolute atomic E-state index is 0.0140. The Hall–Kier alpha value is -1.29. The van der Waals surface area contributed by atoms with Crippen molar-refractivity contribution >= 4 is 23.0 Å². The zero-order valence-electron chi connectivity index (χ0n) is 10.9. The molecule has 0 spiro atoms. The largest absolute Gasteiger partial charge is 0.381 e. The van der Waals surface area contributed by atoms with Gasteiger partial charge in [0.25, 0.3) is 5.69 Å². The third-order valence-electron chi connectivity index (χ3n) is 3.02. The van der Waals surface area contributed by atoms with Crippen molar-refractivity contribution < 1.29 is 4.92 Å². The lowest BCUT2D eigenvalue weighted by molar-refractivity contribution is -0.384. The molecule has 0 saturated carbocycles. The van der Waals surface area contributed by atoms with Gasteiger partial charge in [0.2, 0.25) is 0 Å². The molecule has 0 aliphatic heterocycles. The maximum absolute atomic E-state index is 10.6. The van der Waals surface area contributed by atoms with Crippen molar-refractivity contribution in [2.75, 3.05) is 5.32 Å². The molecule has 0 radical (unpaired) electrons. The second kappa shape index (κ2) is 6.59. The second-order valence-corrected chi connectivity index (χ2v) is 5.12. The molecule has 100 valence electrons. The summed E-state index contributed by atoms with van der Waals surface area (Å²) in [7, 11) is 0. The highest BCUT2D eigenvalue weighted by atomic mass is 35.5. The number of hydrogen-bond acceptors (Lipinski definition) is 3. The molecule has 1 rings (SSSR count). The van der Waals surface area contributed by atoms with Gasteiger partial charge in [-0.3, -0.25) is 10.1 Å². The normalized spacial score (nSPS) is 14.0. The van der Waals surface area contributed by atoms with Crippen LogP contribution in [0.25, 0.3) is 0 Å². The van der Waals surface area contributed by atoms with Gasteiger partial charge in [0, 0.05) is 18.2 Å². The van der Waals surface area contributed by atoms with Crippen molar-refractivity contribution in [3.05, 3.63) is 33.3 Å². The molecule has 0 heterocycles. The zero-order valence-corrected chi connectivity index (χ0v) is 11.7. The van der Waals surface area contributed by atoms with E-state index in [0.29, 0.717) is 17.0 Å². The van der Waals surface area contributed by atoms with E-state index in [4.69, 9.17) is 11.6 Å². The van der Waals surface area contributed by atoms with Gasteiger partial charge in [-0.05, 0) is 25.3 Å². The third-order valence-corrected chi connectivity index (χ3v) is 3.33. The Balaban J connectivity index is 2.70. The van der Waals surface area contributed by atoms with Crippen LogP contribution >= 0.6 is 11.6 Å². The summed E-state index contributed by atoms with van der Waals surface area (Å²) in [6, 6.07) is 4.79. The molecule has 2 unspecified atom stereocenters. The van der Waals surface area contributed by atoms with E-state index in [1.165, 1.54) is 12.1 Å². The van der Waals surface area contributed by atoms with Crippen LogP contribution in [0.15, 0.2) is 18.2 Å². The number of anilines is 1. The molecule has 0 fully saturated rings. The monoisotopic (exact) mass is 270 g/mol. The van der Waals surface area contributed by atoms with E-state index in [1.807, 2.05) is 0 Å². The first-order valence-corrected chi connectivity index (χ1v) is 6.52. The number of nitrogens with zero attached hydrogens (tertiary/aromatic N) is 1. The van der Waals surface area contributed by atoms with Crippen LogP contribution in [0.2, 0.25) is 5.02 Å². The van der Waals surface area contributed by atoms with E-state index in [9.17, 15) is 10.1 Å². The van der Waals surface area contributed by atoms with Crippen molar-refractivity contribution in [2.24, 2.45) is 5.92 Å². The van der Waals surface area contributed by atoms with E-state index < -0.39 is 4.92 Å². The van der Waals surface area contributed by atoms with Crippen molar-refractivity contribution in [2.45, 2.75) is 39.7 Å². The van der Waals surface area contributed by atoms with Crippen molar-refractivity contribution in [3.63, 3.8) is 0 Å². The van der Waals surface area contributed by atoms with Crippen LogP contribution in [0.4, 0.5) is 11.4 Å². The number of nitrogens with one attached hydrogen (secondary N) is 1. The standard InChI is InChI=1S/C13H19ClN2O2/c1-4-9(2)7-10(3)15-13-6-5-11(16(17)18)8-12(13)14/h5-6,8-10,15H,4,7H2,1-3H3. The summed E-state index contributed by atoms with van der Waals surface area (Å²) in [4.78, 5) is 10.2. The molecular formula is C13H19ClN2O2. The predicted octanol–water partition coefficient (Wildman–Crippen LogP) is 4.48. The minimum atomic E-state index is -0.446. The average molecular weight is 271 g/mol. The third kappa shape index (κ3) is 4.18. The van der Waals surface area contributed by atoms with E-state index in [1.54, 1.807) is 6.07 Å². The average Bonchev–Trinajstić information content (AvgIpc) is 2.31. The molecule has 0 aliphatic rings. The summed E-state index contributed by atoms with van der Waals surface area (Å²) >= 11 is 6.02. The summed E-state index contributed by atoms with van der Waals surface area (Å²) in [6.07, 6.45) is 2.18. The Bertz CT molecular complexity index is 423. The van der Waals surface area contributed by atoms with Crippen molar-refractivity contribution in [1.29, 1.82) is 0 Å². The first-order valence-electron chi connectivity index (χ1n) is 6.14. The predicted molar refractivity (Wildman–Crippen MR) is 75.3 cm³/mol. The number of hydrogen-bond donors (Lipinski definition) is 1. The van der Waals surface area contributed by atoms with Gasteiger partial charge in [-0.25, -0.2) is 0 Å². The summed E-state index contributed by atoms with van der Waals surface area (Å²) in [6.45, 7) is 6.45. The van der Waals surface area contributed by atoms with E-state index in [2.05, 4.69) is 26.1 Å². The fourth-order valence-electron chi connectivity index (χ4n) is 1.83. The van der Waals surface area contributed by atoms with Gasteiger partial charge in [0.15, 0.2) is 0 Å². The maximum atomic E-state index is 10.6. The number of benzene rings is 1. The number of non-ortho nitro benzene ring substituents is 1. The van der Waals surface area contributed by atoms with E-state index in [0.717, 1.165) is 18.5 Å².